The molecule has 0 bridgehead atoms. The van der Waals surface area contributed by atoms with Gasteiger partial charge >= 0.3 is 0 Å². The van der Waals surface area contributed by atoms with Gasteiger partial charge in [0.25, 0.3) is 0 Å². The molecule has 0 aliphatic rings. The smallest absolute Gasteiger partial charge is 0.143 e. The van der Waals surface area contributed by atoms with Gasteiger partial charge in [-0.3, -0.25) is 0 Å². The number of nitrogens with two attached hydrogens (primary N) is 1. The van der Waals surface area contributed by atoms with Gasteiger partial charge in [-0.25, -0.2) is 8.78 Å². The minimum atomic E-state index is -1.37. The van der Waals surface area contributed by atoms with Crippen molar-refractivity contribution in [3.8, 4) is 0 Å². The highest BCUT2D eigenvalue weighted by Crippen LogP contribution is 2.35. The fourth-order valence-electron chi connectivity index (χ4n) is 1.67. The van der Waals surface area contributed by atoms with Crippen LogP contribution in [0.1, 0.15) is 26.3 Å². The molecule has 1 aromatic rings. The summed E-state index contributed by atoms with van der Waals surface area (Å²) in [4.78, 5) is 0. The average Bonchev–Trinajstić information content (AvgIpc) is 2.28. The van der Waals surface area contributed by atoms with Crippen LogP contribution in [0.25, 0.3) is 0 Å². The molecule has 0 saturated heterocycles. The lowest BCUT2D eigenvalue weighted by Crippen LogP contribution is -2.51. The number of halogens is 3. The van der Waals surface area contributed by atoms with Gasteiger partial charge in [-0.15, -0.1) is 0 Å². The van der Waals surface area contributed by atoms with Crippen molar-refractivity contribution in [1.82, 2.24) is 0 Å². The van der Waals surface area contributed by atoms with Gasteiger partial charge in [-0.1, -0.05) is 20.8 Å². The molecule has 2 nitrogen and oxygen atoms in total. The van der Waals surface area contributed by atoms with E-state index in [2.05, 4.69) is 15.9 Å². The minimum absolute atomic E-state index is 0.0676. The molecule has 0 fully saturated rings. The van der Waals surface area contributed by atoms with E-state index < -0.39 is 22.7 Å². The van der Waals surface area contributed by atoms with Gasteiger partial charge in [0.2, 0.25) is 0 Å². The molecule has 1 rings (SSSR count). The fraction of sp³-hybridized carbons (Fsp3) is 0.538. The first-order valence-electron chi connectivity index (χ1n) is 5.67. The van der Waals surface area contributed by atoms with Crippen molar-refractivity contribution in [1.29, 1.82) is 0 Å². The van der Waals surface area contributed by atoms with E-state index in [1.165, 1.54) is 12.1 Å². The highest BCUT2D eigenvalue weighted by molar-refractivity contribution is 9.10. The molecule has 1 unspecified atom stereocenters. The molecule has 1 aromatic carbocycles. The van der Waals surface area contributed by atoms with Crippen LogP contribution in [-0.2, 0) is 6.42 Å². The molecule has 0 aliphatic carbocycles. The Balaban J connectivity index is 3.22. The fourth-order valence-corrected chi connectivity index (χ4v) is 2.04. The van der Waals surface area contributed by atoms with Crippen molar-refractivity contribution >= 4 is 15.9 Å². The Hall–Kier alpha value is -0.520. The lowest BCUT2D eigenvalue weighted by molar-refractivity contribution is -0.0501. The molecule has 5 heteroatoms. The summed E-state index contributed by atoms with van der Waals surface area (Å²) in [5.41, 5.74) is 3.48. The molecule has 0 heterocycles. The maximum atomic E-state index is 13.9. The van der Waals surface area contributed by atoms with Crippen LogP contribution in [0.5, 0.6) is 0 Å². The van der Waals surface area contributed by atoms with Crippen molar-refractivity contribution in [2.75, 3.05) is 6.54 Å². The summed E-state index contributed by atoms with van der Waals surface area (Å²) in [5.74, 6) is -1.36. The van der Waals surface area contributed by atoms with Crippen molar-refractivity contribution in [2.24, 2.45) is 11.1 Å². The number of rotatable bonds is 3. The van der Waals surface area contributed by atoms with Crippen molar-refractivity contribution < 1.29 is 13.9 Å². The minimum Gasteiger partial charge on any atom is -0.388 e. The Kier molecular flexibility index (Phi) is 4.51. The maximum absolute atomic E-state index is 13.9. The predicted octanol–water partition coefficient (Wildman–Crippen LogP) is 3.01. The van der Waals surface area contributed by atoms with E-state index in [1.807, 2.05) is 0 Å². The Morgan fingerprint density at radius 3 is 2.28 bits per heavy atom. The highest BCUT2D eigenvalue weighted by atomic mass is 79.9. The summed E-state index contributed by atoms with van der Waals surface area (Å²) in [6.07, 6.45) is -0.163. The molecule has 102 valence electrons. The largest absolute Gasteiger partial charge is 0.388 e. The SMILES string of the molecule is CC(C)(C)C(O)(CN)Cc1c(F)ccc(Br)c1F. The zero-order valence-corrected chi connectivity index (χ0v) is 12.3. The monoisotopic (exact) mass is 321 g/mol. The number of hydrogen-bond donors (Lipinski definition) is 2. The molecule has 3 N–H and O–H groups in total. The zero-order valence-electron chi connectivity index (χ0n) is 10.7. The lowest BCUT2D eigenvalue weighted by Gasteiger charge is -2.39. The second-order valence-corrected chi connectivity index (χ2v) is 6.34. The van der Waals surface area contributed by atoms with Crippen molar-refractivity contribution in [2.45, 2.75) is 32.8 Å². The second-order valence-electron chi connectivity index (χ2n) is 5.48. The number of benzene rings is 1. The van der Waals surface area contributed by atoms with Gasteiger partial charge in [0.15, 0.2) is 0 Å². The molecular formula is C13H18BrF2NO. The van der Waals surface area contributed by atoms with E-state index in [0.717, 1.165) is 0 Å². The van der Waals surface area contributed by atoms with Crippen LogP contribution >= 0.6 is 15.9 Å². The van der Waals surface area contributed by atoms with Crippen LogP contribution in [0, 0.1) is 17.0 Å². The molecule has 0 amide bonds. The Morgan fingerprint density at radius 1 is 1.28 bits per heavy atom. The summed E-state index contributed by atoms with van der Waals surface area (Å²) in [5, 5.41) is 10.5. The van der Waals surface area contributed by atoms with Crippen LogP contribution in [0.2, 0.25) is 0 Å². The van der Waals surface area contributed by atoms with Crippen LogP contribution in [0.15, 0.2) is 16.6 Å². The molecule has 0 aromatic heterocycles. The first-order valence-corrected chi connectivity index (χ1v) is 6.46. The number of aliphatic hydroxyl groups is 1. The van der Waals surface area contributed by atoms with E-state index in [1.54, 1.807) is 20.8 Å². The van der Waals surface area contributed by atoms with E-state index in [9.17, 15) is 13.9 Å². The summed E-state index contributed by atoms with van der Waals surface area (Å²) >= 11 is 3.01. The van der Waals surface area contributed by atoms with Crippen LogP contribution in [-0.4, -0.2) is 17.3 Å². The van der Waals surface area contributed by atoms with E-state index in [0.29, 0.717) is 0 Å². The molecular weight excluding hydrogens is 304 g/mol. The summed E-state index contributed by atoms with van der Waals surface area (Å²) in [7, 11) is 0. The van der Waals surface area contributed by atoms with Crippen molar-refractivity contribution in [3.05, 3.63) is 33.8 Å². The average molecular weight is 322 g/mol. The Bertz CT molecular complexity index is 445. The van der Waals surface area contributed by atoms with Gasteiger partial charge in [-0.2, -0.15) is 0 Å². The van der Waals surface area contributed by atoms with Crippen molar-refractivity contribution in [3.63, 3.8) is 0 Å². The quantitative estimate of drug-likeness (QED) is 0.841. The predicted molar refractivity (Wildman–Crippen MR) is 71.2 cm³/mol. The summed E-state index contributed by atoms with van der Waals surface area (Å²) in [6, 6.07) is 2.47. The Morgan fingerprint density at radius 2 is 1.83 bits per heavy atom. The van der Waals surface area contributed by atoms with Crippen LogP contribution in [0.3, 0.4) is 0 Å². The summed E-state index contributed by atoms with van der Waals surface area (Å²) < 4.78 is 27.7. The molecule has 0 saturated carbocycles. The van der Waals surface area contributed by atoms with Gasteiger partial charge in [0.1, 0.15) is 11.6 Å². The first kappa shape index (κ1) is 15.5. The lowest BCUT2D eigenvalue weighted by atomic mass is 9.73. The topological polar surface area (TPSA) is 46.2 Å². The summed E-state index contributed by atoms with van der Waals surface area (Å²) in [6.45, 7) is 5.29. The zero-order chi connectivity index (χ0) is 14.1. The van der Waals surface area contributed by atoms with Gasteiger partial charge < -0.3 is 10.8 Å². The van der Waals surface area contributed by atoms with Crippen LogP contribution in [0.4, 0.5) is 8.78 Å². The maximum Gasteiger partial charge on any atom is 0.143 e. The van der Waals surface area contributed by atoms with E-state index in [4.69, 9.17) is 5.73 Å². The molecule has 18 heavy (non-hydrogen) atoms. The Labute approximate surface area is 114 Å². The molecule has 0 spiro atoms. The van der Waals surface area contributed by atoms with E-state index in [-0.39, 0.29) is 23.0 Å². The molecule has 0 radical (unpaired) electrons. The molecule has 0 aliphatic heterocycles. The third-order valence-electron chi connectivity index (χ3n) is 3.34. The van der Waals surface area contributed by atoms with Crippen LogP contribution < -0.4 is 5.73 Å². The first-order chi connectivity index (χ1) is 8.12. The second kappa shape index (κ2) is 5.23. The van der Waals surface area contributed by atoms with Gasteiger partial charge in [0, 0.05) is 18.5 Å². The highest BCUT2D eigenvalue weighted by Gasteiger charge is 2.40. The normalized spacial score (nSPS) is 15.6. The van der Waals surface area contributed by atoms with E-state index >= 15 is 0 Å². The third-order valence-corrected chi connectivity index (χ3v) is 3.95. The van der Waals surface area contributed by atoms with Gasteiger partial charge in [-0.05, 0) is 33.5 Å². The standard InChI is InChI=1S/C13H18BrF2NO/c1-12(2,3)13(18,7-17)6-8-10(15)5-4-9(14)11(8)16/h4-5,18H,6-7,17H2,1-3H3. The third kappa shape index (κ3) is 2.90. The number of hydrogen-bond acceptors (Lipinski definition) is 2. The molecule has 1 atom stereocenters. The van der Waals surface area contributed by atoms with Gasteiger partial charge in [0.05, 0.1) is 10.1 Å².